The van der Waals surface area contributed by atoms with Gasteiger partial charge in [0.1, 0.15) is 0 Å². The van der Waals surface area contributed by atoms with Gasteiger partial charge in [-0.3, -0.25) is 9.59 Å². The van der Waals surface area contributed by atoms with Gasteiger partial charge in [-0.25, -0.2) is 4.79 Å². The summed E-state index contributed by atoms with van der Waals surface area (Å²) in [5, 5.41) is 3.18. The van der Waals surface area contributed by atoms with Crippen LogP contribution in [0, 0.1) is 17.8 Å². The molecule has 1 aliphatic carbocycles. The molecule has 0 aromatic heterocycles. The van der Waals surface area contributed by atoms with Gasteiger partial charge in [-0.1, -0.05) is 52.0 Å². The van der Waals surface area contributed by atoms with Crippen LogP contribution in [0.4, 0.5) is 0 Å². The SMILES string of the molecule is CC(C)COC(=O)c1ccccc1C(=O)NC1CCC(CCN2CCc3ccc(C(=O)C(C)C)cc3CC2)CC1. The predicted molar refractivity (Wildman–Crippen MR) is 159 cm³/mol. The van der Waals surface area contributed by atoms with E-state index in [1.54, 1.807) is 24.3 Å². The summed E-state index contributed by atoms with van der Waals surface area (Å²) in [6.45, 7) is 11.4. The third-order valence-corrected chi connectivity index (χ3v) is 8.38. The highest BCUT2D eigenvalue weighted by Gasteiger charge is 2.26. The Balaban J connectivity index is 1.22. The number of Topliss-reactive ketones (excluding diaryl/α,β-unsaturated/α-hetero) is 1. The number of rotatable bonds is 10. The van der Waals surface area contributed by atoms with Gasteiger partial charge in [0, 0.05) is 30.6 Å². The van der Waals surface area contributed by atoms with Crippen LogP contribution in [0.3, 0.4) is 0 Å². The van der Waals surface area contributed by atoms with Crippen molar-refractivity contribution in [1.29, 1.82) is 0 Å². The number of nitrogens with zero attached hydrogens (tertiary/aromatic N) is 1. The van der Waals surface area contributed by atoms with Crippen molar-refractivity contribution >= 4 is 17.7 Å². The van der Waals surface area contributed by atoms with Crippen molar-refractivity contribution in [3.05, 3.63) is 70.3 Å². The van der Waals surface area contributed by atoms with E-state index in [9.17, 15) is 14.4 Å². The Labute approximate surface area is 239 Å². The van der Waals surface area contributed by atoms with Crippen molar-refractivity contribution in [2.75, 3.05) is 26.2 Å². The quantitative estimate of drug-likeness (QED) is 0.287. The molecule has 1 aliphatic heterocycles. The van der Waals surface area contributed by atoms with Gasteiger partial charge in [0.05, 0.1) is 17.7 Å². The van der Waals surface area contributed by atoms with E-state index < -0.39 is 5.97 Å². The van der Waals surface area contributed by atoms with E-state index in [-0.39, 0.29) is 29.6 Å². The van der Waals surface area contributed by atoms with E-state index >= 15 is 0 Å². The molecule has 0 bridgehead atoms. The van der Waals surface area contributed by atoms with Gasteiger partial charge in [-0.2, -0.15) is 0 Å². The van der Waals surface area contributed by atoms with Crippen molar-refractivity contribution in [3.63, 3.8) is 0 Å². The minimum Gasteiger partial charge on any atom is -0.462 e. The number of amides is 1. The second-order valence-electron chi connectivity index (χ2n) is 12.4. The van der Waals surface area contributed by atoms with Crippen LogP contribution in [0.5, 0.6) is 0 Å². The lowest BCUT2D eigenvalue weighted by molar-refractivity contribution is 0.0455. The molecule has 0 spiro atoms. The lowest BCUT2D eigenvalue weighted by Crippen LogP contribution is -2.38. The molecule has 2 aliphatic rings. The van der Waals surface area contributed by atoms with Gasteiger partial charge in [-0.05, 0) is 92.7 Å². The van der Waals surface area contributed by atoms with Crippen molar-refractivity contribution in [1.82, 2.24) is 10.2 Å². The van der Waals surface area contributed by atoms with Crippen LogP contribution < -0.4 is 5.32 Å². The largest absolute Gasteiger partial charge is 0.462 e. The lowest BCUT2D eigenvalue weighted by Gasteiger charge is -2.31. The normalized spacial score (nSPS) is 19.6. The van der Waals surface area contributed by atoms with Crippen LogP contribution >= 0.6 is 0 Å². The summed E-state index contributed by atoms with van der Waals surface area (Å²) < 4.78 is 5.37. The molecule has 0 unspecified atom stereocenters. The van der Waals surface area contributed by atoms with Crippen molar-refractivity contribution in [2.24, 2.45) is 17.8 Å². The van der Waals surface area contributed by atoms with Crippen LogP contribution in [0.2, 0.25) is 0 Å². The van der Waals surface area contributed by atoms with Gasteiger partial charge in [0.15, 0.2) is 5.78 Å². The average Bonchev–Trinajstić information content (AvgIpc) is 3.16. The molecule has 1 N–H and O–H groups in total. The monoisotopic (exact) mass is 546 g/mol. The number of carbonyl (C=O) groups is 3. The zero-order valence-corrected chi connectivity index (χ0v) is 24.7. The molecule has 216 valence electrons. The fourth-order valence-corrected chi connectivity index (χ4v) is 5.88. The van der Waals surface area contributed by atoms with Crippen molar-refractivity contribution < 1.29 is 19.1 Å². The first-order chi connectivity index (χ1) is 19.2. The third-order valence-electron chi connectivity index (χ3n) is 8.38. The van der Waals surface area contributed by atoms with Crippen molar-refractivity contribution in [2.45, 2.75) is 78.7 Å². The second-order valence-corrected chi connectivity index (χ2v) is 12.4. The number of nitrogens with one attached hydrogen (secondary N) is 1. The van der Waals surface area contributed by atoms with Crippen LogP contribution in [-0.4, -0.2) is 54.8 Å². The fraction of sp³-hybridized carbons (Fsp3) is 0.559. The Hall–Kier alpha value is -2.99. The minimum absolute atomic E-state index is 0.0258. The summed E-state index contributed by atoms with van der Waals surface area (Å²) in [4.78, 5) is 40.6. The summed E-state index contributed by atoms with van der Waals surface area (Å²) in [6, 6.07) is 13.4. The van der Waals surface area contributed by atoms with Crippen LogP contribution in [0.15, 0.2) is 42.5 Å². The summed E-state index contributed by atoms with van der Waals surface area (Å²) in [5.74, 6) is 0.534. The Morgan fingerprint density at radius 2 is 1.57 bits per heavy atom. The first-order valence-corrected chi connectivity index (χ1v) is 15.2. The second kappa shape index (κ2) is 14.1. The van der Waals surface area contributed by atoms with E-state index in [1.165, 1.54) is 17.5 Å². The third kappa shape index (κ3) is 8.03. The highest BCUT2D eigenvalue weighted by Crippen LogP contribution is 2.28. The molecule has 1 amide bonds. The molecule has 6 nitrogen and oxygen atoms in total. The average molecular weight is 547 g/mol. The van der Waals surface area contributed by atoms with Gasteiger partial charge < -0.3 is 15.0 Å². The predicted octanol–water partition coefficient (Wildman–Crippen LogP) is 6.12. The van der Waals surface area contributed by atoms with E-state index in [2.05, 4.69) is 22.3 Å². The smallest absolute Gasteiger partial charge is 0.338 e. The van der Waals surface area contributed by atoms with Crippen LogP contribution in [-0.2, 0) is 17.6 Å². The van der Waals surface area contributed by atoms with Crippen molar-refractivity contribution in [3.8, 4) is 0 Å². The molecule has 1 heterocycles. The van der Waals surface area contributed by atoms with Gasteiger partial charge >= 0.3 is 5.97 Å². The number of esters is 1. The van der Waals surface area contributed by atoms with E-state index in [4.69, 9.17) is 4.74 Å². The Morgan fingerprint density at radius 1 is 0.900 bits per heavy atom. The summed E-state index contributed by atoms with van der Waals surface area (Å²) >= 11 is 0. The molecule has 0 saturated heterocycles. The number of ether oxygens (including phenoxy) is 1. The molecule has 0 atom stereocenters. The van der Waals surface area contributed by atoms with Gasteiger partial charge in [-0.15, -0.1) is 0 Å². The summed E-state index contributed by atoms with van der Waals surface area (Å²) in [5.41, 5.74) is 4.28. The molecule has 0 radical (unpaired) electrons. The standard InChI is InChI=1S/C34H46N2O4/c1-23(2)22-40-34(39)31-8-6-5-7-30(31)33(38)35-29-13-9-25(10-14-29)15-18-36-19-16-26-11-12-28(32(37)24(3)4)21-27(26)17-20-36/h5-8,11-12,21,23-25,29H,9-10,13-20,22H2,1-4H3,(H,35,38). The Bertz CT molecular complexity index is 1180. The maximum atomic E-state index is 13.1. The maximum Gasteiger partial charge on any atom is 0.338 e. The Morgan fingerprint density at radius 3 is 2.25 bits per heavy atom. The van der Waals surface area contributed by atoms with E-state index in [0.29, 0.717) is 23.7 Å². The van der Waals surface area contributed by atoms with Gasteiger partial charge in [0.25, 0.3) is 5.91 Å². The minimum atomic E-state index is -0.441. The lowest BCUT2D eigenvalue weighted by atomic mass is 9.84. The van der Waals surface area contributed by atoms with Gasteiger partial charge in [0.2, 0.25) is 0 Å². The molecule has 1 saturated carbocycles. The first kappa shape index (κ1) is 30.0. The summed E-state index contributed by atoms with van der Waals surface area (Å²) in [7, 11) is 0. The van der Waals surface area contributed by atoms with Crippen LogP contribution in [0.25, 0.3) is 0 Å². The molecule has 2 aromatic rings. The van der Waals surface area contributed by atoms with Crippen LogP contribution in [0.1, 0.15) is 102 Å². The number of hydrogen-bond donors (Lipinski definition) is 1. The van der Waals surface area contributed by atoms with E-state index in [1.807, 2.05) is 33.8 Å². The number of hydrogen-bond acceptors (Lipinski definition) is 5. The number of fused-ring (bicyclic) bond motifs is 1. The molecule has 40 heavy (non-hydrogen) atoms. The molecule has 6 heteroatoms. The number of ketones is 1. The highest BCUT2D eigenvalue weighted by atomic mass is 16.5. The fourth-order valence-electron chi connectivity index (χ4n) is 5.88. The molecule has 2 aromatic carbocycles. The molecule has 4 rings (SSSR count). The first-order valence-electron chi connectivity index (χ1n) is 15.2. The maximum absolute atomic E-state index is 13.1. The zero-order chi connectivity index (χ0) is 28.6. The topological polar surface area (TPSA) is 75.7 Å². The zero-order valence-electron chi connectivity index (χ0n) is 24.7. The molecule has 1 fully saturated rings. The molecular formula is C34H46N2O4. The highest BCUT2D eigenvalue weighted by molar-refractivity contribution is 6.05. The molecular weight excluding hydrogens is 500 g/mol. The number of benzene rings is 2. The Kier molecular flexibility index (Phi) is 10.5. The number of carbonyl (C=O) groups excluding carboxylic acids is 3. The summed E-state index contributed by atoms with van der Waals surface area (Å²) in [6.07, 6.45) is 7.37. The van der Waals surface area contributed by atoms with E-state index in [0.717, 1.165) is 63.7 Å².